The number of halogens is 2. The molecule has 0 radical (unpaired) electrons. The van der Waals surface area contributed by atoms with Crippen molar-refractivity contribution in [3.8, 4) is 0 Å². The van der Waals surface area contributed by atoms with Crippen molar-refractivity contribution in [2.24, 2.45) is 0 Å². The largest absolute Gasteiger partial charge is 0.341 e. The molecule has 126 valence electrons. The van der Waals surface area contributed by atoms with Gasteiger partial charge in [0.2, 0.25) is 5.91 Å². The molecule has 0 saturated carbocycles. The number of amides is 1. The summed E-state index contributed by atoms with van der Waals surface area (Å²) >= 11 is 0. The number of benzene rings is 2. The molecule has 0 aliphatic rings. The number of rotatable bonds is 6. The summed E-state index contributed by atoms with van der Waals surface area (Å²) < 4.78 is 26.5. The second kappa shape index (κ2) is 7.81. The van der Waals surface area contributed by atoms with Gasteiger partial charge in [0, 0.05) is 43.6 Å². The van der Waals surface area contributed by atoms with E-state index >= 15 is 0 Å². The molecule has 0 heterocycles. The standard InChI is InChI=1S/C19H19F2NO2/c1-13-3-5-14(6-4-13)18(23)9-10-19(24)22(2)12-15-7-8-16(20)11-17(15)21/h3-8,11H,9-10,12H2,1-2H3. The van der Waals surface area contributed by atoms with E-state index in [1.807, 2.05) is 19.1 Å². The number of ketones is 1. The van der Waals surface area contributed by atoms with Gasteiger partial charge in [0.1, 0.15) is 11.6 Å². The topological polar surface area (TPSA) is 37.4 Å². The van der Waals surface area contributed by atoms with E-state index in [1.54, 1.807) is 12.1 Å². The number of carbonyl (C=O) groups is 2. The maximum absolute atomic E-state index is 13.6. The highest BCUT2D eigenvalue weighted by atomic mass is 19.1. The maximum atomic E-state index is 13.6. The number of hydrogen-bond acceptors (Lipinski definition) is 2. The summed E-state index contributed by atoms with van der Waals surface area (Å²) in [5, 5.41) is 0. The van der Waals surface area contributed by atoms with Crippen molar-refractivity contribution in [2.75, 3.05) is 7.05 Å². The van der Waals surface area contributed by atoms with E-state index in [0.717, 1.165) is 17.7 Å². The monoisotopic (exact) mass is 331 g/mol. The summed E-state index contributed by atoms with van der Waals surface area (Å²) in [4.78, 5) is 25.5. The second-order valence-electron chi connectivity index (χ2n) is 5.77. The SMILES string of the molecule is Cc1ccc(C(=O)CCC(=O)N(C)Cc2ccc(F)cc2F)cc1. The Bertz CT molecular complexity index is 742. The van der Waals surface area contributed by atoms with Crippen LogP contribution in [0.25, 0.3) is 0 Å². The van der Waals surface area contributed by atoms with Crippen molar-refractivity contribution < 1.29 is 18.4 Å². The molecule has 0 spiro atoms. The Balaban J connectivity index is 1.89. The van der Waals surface area contributed by atoms with Gasteiger partial charge in [0.15, 0.2) is 5.78 Å². The van der Waals surface area contributed by atoms with Crippen LogP contribution >= 0.6 is 0 Å². The molecule has 0 bridgehead atoms. The highest BCUT2D eigenvalue weighted by Crippen LogP contribution is 2.13. The van der Waals surface area contributed by atoms with Gasteiger partial charge in [-0.3, -0.25) is 9.59 Å². The minimum Gasteiger partial charge on any atom is -0.341 e. The summed E-state index contributed by atoms with van der Waals surface area (Å²) in [5.74, 6) is -1.72. The Hall–Kier alpha value is -2.56. The molecule has 2 aromatic carbocycles. The smallest absolute Gasteiger partial charge is 0.223 e. The Kier molecular flexibility index (Phi) is 5.79. The normalized spacial score (nSPS) is 10.5. The van der Waals surface area contributed by atoms with Crippen molar-refractivity contribution in [2.45, 2.75) is 26.3 Å². The van der Waals surface area contributed by atoms with E-state index in [1.165, 1.54) is 18.0 Å². The lowest BCUT2D eigenvalue weighted by Crippen LogP contribution is -2.27. The predicted molar refractivity (Wildman–Crippen MR) is 87.6 cm³/mol. The summed E-state index contributed by atoms with van der Waals surface area (Å²) in [5.41, 5.74) is 1.86. The van der Waals surface area contributed by atoms with Crippen LogP contribution in [0.3, 0.4) is 0 Å². The second-order valence-corrected chi connectivity index (χ2v) is 5.77. The average Bonchev–Trinajstić information content (AvgIpc) is 2.55. The Morgan fingerprint density at radius 2 is 1.67 bits per heavy atom. The summed E-state index contributed by atoms with van der Waals surface area (Å²) in [7, 11) is 1.53. The Morgan fingerprint density at radius 3 is 2.29 bits per heavy atom. The zero-order valence-electron chi connectivity index (χ0n) is 13.7. The van der Waals surface area contributed by atoms with Gasteiger partial charge >= 0.3 is 0 Å². The first-order chi connectivity index (χ1) is 11.4. The van der Waals surface area contributed by atoms with Gasteiger partial charge in [-0.2, -0.15) is 0 Å². The molecule has 1 amide bonds. The van der Waals surface area contributed by atoms with Crippen molar-refractivity contribution in [3.63, 3.8) is 0 Å². The molecule has 5 heteroatoms. The lowest BCUT2D eigenvalue weighted by molar-refractivity contribution is -0.130. The number of hydrogen-bond donors (Lipinski definition) is 0. The van der Waals surface area contributed by atoms with E-state index < -0.39 is 11.6 Å². The fourth-order valence-corrected chi connectivity index (χ4v) is 2.29. The Labute approximate surface area is 139 Å². The molecule has 0 aliphatic heterocycles. The van der Waals surface area contributed by atoms with Gasteiger partial charge in [-0.25, -0.2) is 8.78 Å². The van der Waals surface area contributed by atoms with Crippen LogP contribution in [0.1, 0.15) is 34.3 Å². The average molecular weight is 331 g/mol. The quantitative estimate of drug-likeness (QED) is 0.753. The molecule has 0 unspecified atom stereocenters. The van der Waals surface area contributed by atoms with Gasteiger partial charge in [0.25, 0.3) is 0 Å². The minimum atomic E-state index is -0.689. The van der Waals surface area contributed by atoms with Crippen LogP contribution in [0.2, 0.25) is 0 Å². The van der Waals surface area contributed by atoms with Gasteiger partial charge in [0.05, 0.1) is 0 Å². The van der Waals surface area contributed by atoms with Gasteiger partial charge in [-0.05, 0) is 13.0 Å². The molecule has 3 nitrogen and oxygen atoms in total. The van der Waals surface area contributed by atoms with Crippen LogP contribution in [0.15, 0.2) is 42.5 Å². The van der Waals surface area contributed by atoms with Gasteiger partial charge in [-0.15, -0.1) is 0 Å². The molecule has 2 rings (SSSR count). The molecule has 2 aromatic rings. The van der Waals surface area contributed by atoms with Crippen LogP contribution in [0, 0.1) is 18.6 Å². The minimum absolute atomic E-state index is 0.0314. The third kappa shape index (κ3) is 4.72. The lowest BCUT2D eigenvalue weighted by atomic mass is 10.0. The summed E-state index contributed by atoms with van der Waals surface area (Å²) in [6, 6.07) is 10.4. The van der Waals surface area contributed by atoms with E-state index in [4.69, 9.17) is 0 Å². The fourth-order valence-electron chi connectivity index (χ4n) is 2.29. The first kappa shape index (κ1) is 17.8. The fraction of sp³-hybridized carbons (Fsp3) is 0.263. The molecular weight excluding hydrogens is 312 g/mol. The van der Waals surface area contributed by atoms with Crippen LogP contribution in [0.5, 0.6) is 0 Å². The van der Waals surface area contributed by atoms with Crippen LogP contribution in [-0.4, -0.2) is 23.6 Å². The molecule has 0 atom stereocenters. The van der Waals surface area contributed by atoms with Crippen molar-refractivity contribution in [3.05, 3.63) is 70.8 Å². The molecule has 0 aliphatic carbocycles. The first-order valence-electron chi connectivity index (χ1n) is 7.64. The van der Waals surface area contributed by atoms with Crippen LogP contribution in [-0.2, 0) is 11.3 Å². The molecule has 0 saturated heterocycles. The Morgan fingerprint density at radius 1 is 1.00 bits per heavy atom. The van der Waals surface area contributed by atoms with Crippen molar-refractivity contribution in [1.29, 1.82) is 0 Å². The van der Waals surface area contributed by atoms with E-state index in [9.17, 15) is 18.4 Å². The molecular formula is C19H19F2NO2. The van der Waals surface area contributed by atoms with Gasteiger partial charge in [-0.1, -0.05) is 35.9 Å². The van der Waals surface area contributed by atoms with Gasteiger partial charge < -0.3 is 4.90 Å². The lowest BCUT2D eigenvalue weighted by Gasteiger charge is -2.17. The number of carbonyl (C=O) groups excluding carboxylic acids is 2. The highest BCUT2D eigenvalue weighted by molar-refractivity contribution is 5.97. The highest BCUT2D eigenvalue weighted by Gasteiger charge is 2.14. The molecule has 0 N–H and O–H groups in total. The zero-order chi connectivity index (χ0) is 17.7. The third-order valence-electron chi connectivity index (χ3n) is 3.79. The number of aryl methyl sites for hydroxylation is 1. The summed E-state index contributed by atoms with van der Waals surface area (Å²) in [6.07, 6.45) is 0.143. The zero-order valence-corrected chi connectivity index (χ0v) is 13.7. The summed E-state index contributed by atoms with van der Waals surface area (Å²) in [6.45, 7) is 1.96. The number of Topliss-reactive ketones (excluding diaryl/α,β-unsaturated/α-hetero) is 1. The predicted octanol–water partition coefficient (Wildman–Crippen LogP) is 3.89. The molecule has 0 aromatic heterocycles. The third-order valence-corrected chi connectivity index (χ3v) is 3.79. The van der Waals surface area contributed by atoms with E-state index in [2.05, 4.69) is 0 Å². The van der Waals surface area contributed by atoms with E-state index in [-0.39, 0.29) is 36.6 Å². The van der Waals surface area contributed by atoms with Crippen LogP contribution < -0.4 is 0 Å². The van der Waals surface area contributed by atoms with E-state index in [0.29, 0.717) is 5.56 Å². The van der Waals surface area contributed by atoms with Crippen molar-refractivity contribution in [1.82, 2.24) is 4.90 Å². The molecule has 24 heavy (non-hydrogen) atoms. The molecule has 0 fully saturated rings. The first-order valence-corrected chi connectivity index (χ1v) is 7.64. The van der Waals surface area contributed by atoms with Crippen LogP contribution in [0.4, 0.5) is 8.78 Å². The number of nitrogens with zero attached hydrogens (tertiary/aromatic N) is 1. The van der Waals surface area contributed by atoms with Crippen molar-refractivity contribution >= 4 is 11.7 Å². The maximum Gasteiger partial charge on any atom is 0.223 e.